The van der Waals surface area contributed by atoms with E-state index in [-0.39, 0.29) is 30.7 Å². The van der Waals surface area contributed by atoms with E-state index in [1.54, 1.807) is 6.20 Å². The number of amides is 1. The fourth-order valence-corrected chi connectivity index (χ4v) is 3.49. The van der Waals surface area contributed by atoms with Gasteiger partial charge in [-0.3, -0.25) is 4.79 Å². The van der Waals surface area contributed by atoms with Crippen LogP contribution in [0.15, 0.2) is 18.3 Å². The van der Waals surface area contributed by atoms with E-state index in [9.17, 15) is 4.79 Å². The molecular weight excluding hydrogens is 385 g/mol. The van der Waals surface area contributed by atoms with Gasteiger partial charge in [0.25, 0.3) is 5.91 Å². The second-order valence-electron chi connectivity index (χ2n) is 7.28. The lowest BCUT2D eigenvalue weighted by molar-refractivity contribution is 0.0951. The highest BCUT2D eigenvalue weighted by Crippen LogP contribution is 2.21. The number of hydrogen-bond donors (Lipinski definition) is 2. The zero-order valence-electron chi connectivity index (χ0n) is 16.2. The molecule has 0 aliphatic carbocycles. The largest absolute Gasteiger partial charge is 0.357 e. The van der Waals surface area contributed by atoms with E-state index in [1.807, 2.05) is 12.1 Å². The lowest BCUT2D eigenvalue weighted by Crippen LogP contribution is -2.44. The topological polar surface area (TPSA) is 60.5 Å². The molecule has 0 unspecified atom stereocenters. The maximum Gasteiger partial charge on any atom is 0.252 e. The van der Waals surface area contributed by atoms with Gasteiger partial charge in [-0.05, 0) is 43.9 Å². The normalized spacial score (nSPS) is 18.3. The fraction of sp³-hybridized carbons (Fsp3) is 0.684. The summed E-state index contributed by atoms with van der Waals surface area (Å²) in [6, 6.07) is 3.87. The number of anilines is 1. The van der Waals surface area contributed by atoms with E-state index in [0.717, 1.165) is 64.0 Å². The Morgan fingerprint density at radius 2 is 1.89 bits per heavy atom. The molecule has 0 atom stereocenters. The number of piperazine rings is 1. The summed E-state index contributed by atoms with van der Waals surface area (Å²) in [5.41, 5.74) is 0.649. The Labute approximate surface area is 175 Å². The van der Waals surface area contributed by atoms with Gasteiger partial charge >= 0.3 is 0 Å². The number of halogens is 2. The molecule has 2 saturated heterocycles. The molecule has 2 fully saturated rings. The van der Waals surface area contributed by atoms with Gasteiger partial charge in [-0.25, -0.2) is 4.98 Å². The van der Waals surface area contributed by atoms with Gasteiger partial charge in [0.1, 0.15) is 5.82 Å². The molecule has 0 spiro atoms. The first-order valence-electron chi connectivity index (χ1n) is 9.64. The monoisotopic (exact) mass is 417 g/mol. The Morgan fingerprint density at radius 3 is 2.52 bits per heavy atom. The van der Waals surface area contributed by atoms with Crippen LogP contribution in [-0.4, -0.2) is 68.1 Å². The highest BCUT2D eigenvalue weighted by Gasteiger charge is 2.17. The zero-order valence-corrected chi connectivity index (χ0v) is 17.8. The van der Waals surface area contributed by atoms with E-state index in [4.69, 9.17) is 0 Å². The van der Waals surface area contributed by atoms with Crippen LogP contribution < -0.4 is 15.5 Å². The van der Waals surface area contributed by atoms with E-state index in [1.165, 1.54) is 12.8 Å². The number of nitrogens with one attached hydrogen (secondary N) is 2. The first-order valence-corrected chi connectivity index (χ1v) is 9.64. The molecule has 2 N–H and O–H groups in total. The van der Waals surface area contributed by atoms with Gasteiger partial charge in [-0.1, -0.05) is 6.92 Å². The van der Waals surface area contributed by atoms with Crippen LogP contribution in [0.3, 0.4) is 0 Å². The van der Waals surface area contributed by atoms with Crippen molar-refractivity contribution >= 4 is 36.5 Å². The summed E-state index contributed by atoms with van der Waals surface area (Å²) >= 11 is 0. The number of carbonyl (C=O) groups is 1. The fourth-order valence-electron chi connectivity index (χ4n) is 3.49. The maximum atomic E-state index is 12.2. The highest BCUT2D eigenvalue weighted by molar-refractivity contribution is 5.94. The predicted octanol–water partition coefficient (Wildman–Crippen LogP) is 2.19. The number of hydrogen-bond acceptors (Lipinski definition) is 5. The quantitative estimate of drug-likeness (QED) is 0.694. The lowest BCUT2D eigenvalue weighted by atomic mass is 9.99. The van der Waals surface area contributed by atoms with Gasteiger partial charge in [0.2, 0.25) is 0 Å². The molecule has 1 amide bonds. The molecule has 0 aromatic carbocycles. The Kier molecular flexibility index (Phi) is 11.0. The van der Waals surface area contributed by atoms with E-state index < -0.39 is 0 Å². The number of aromatic nitrogens is 1. The Bertz CT molecular complexity index is 544. The van der Waals surface area contributed by atoms with Crippen LogP contribution in [0.25, 0.3) is 0 Å². The third-order valence-corrected chi connectivity index (χ3v) is 5.26. The summed E-state index contributed by atoms with van der Waals surface area (Å²) < 4.78 is 0. The lowest BCUT2D eigenvalue weighted by Gasteiger charge is -2.31. The number of rotatable bonds is 6. The average molecular weight is 418 g/mol. The second kappa shape index (κ2) is 12.4. The minimum Gasteiger partial charge on any atom is -0.357 e. The molecule has 3 heterocycles. The summed E-state index contributed by atoms with van der Waals surface area (Å²) in [5.74, 6) is 1.77. The molecule has 1 aromatic rings. The summed E-state index contributed by atoms with van der Waals surface area (Å²) in [6.07, 6.45) is 5.14. The van der Waals surface area contributed by atoms with Crippen molar-refractivity contribution in [1.29, 1.82) is 0 Å². The molecule has 6 nitrogen and oxygen atoms in total. The van der Waals surface area contributed by atoms with Crippen LogP contribution in [0.2, 0.25) is 0 Å². The van der Waals surface area contributed by atoms with Crippen molar-refractivity contribution in [2.24, 2.45) is 5.92 Å². The third kappa shape index (κ3) is 7.45. The number of pyridine rings is 1. The smallest absolute Gasteiger partial charge is 0.252 e. The molecule has 154 valence electrons. The highest BCUT2D eigenvalue weighted by atomic mass is 35.5. The van der Waals surface area contributed by atoms with Crippen molar-refractivity contribution in [3.8, 4) is 0 Å². The van der Waals surface area contributed by atoms with Gasteiger partial charge in [0, 0.05) is 52.0 Å². The van der Waals surface area contributed by atoms with E-state index in [2.05, 4.69) is 32.3 Å². The molecule has 1 aromatic heterocycles. The SMILES string of the molecule is CC1CCN(c2ccc(C(=O)NCCCN3CCNCC3)cn2)CC1.Cl.Cl. The molecule has 0 saturated carbocycles. The molecule has 0 radical (unpaired) electrons. The molecule has 2 aliphatic rings. The number of nitrogens with zero attached hydrogens (tertiary/aromatic N) is 3. The molecular formula is C19H33Cl2N5O. The van der Waals surface area contributed by atoms with Crippen LogP contribution in [0, 0.1) is 5.92 Å². The first kappa shape index (κ1) is 24.0. The van der Waals surface area contributed by atoms with Crippen molar-refractivity contribution in [2.75, 3.05) is 57.3 Å². The Morgan fingerprint density at radius 1 is 1.19 bits per heavy atom. The van der Waals surface area contributed by atoms with Gasteiger partial charge in [-0.15, -0.1) is 24.8 Å². The molecule has 3 rings (SSSR count). The van der Waals surface area contributed by atoms with Crippen molar-refractivity contribution < 1.29 is 4.79 Å². The van der Waals surface area contributed by atoms with Gasteiger partial charge in [0.15, 0.2) is 0 Å². The summed E-state index contributed by atoms with van der Waals surface area (Å²) in [7, 11) is 0. The maximum absolute atomic E-state index is 12.2. The summed E-state index contributed by atoms with van der Waals surface area (Å²) in [6.45, 7) is 10.5. The van der Waals surface area contributed by atoms with Crippen LogP contribution in [0.5, 0.6) is 0 Å². The van der Waals surface area contributed by atoms with Gasteiger partial charge in [-0.2, -0.15) is 0 Å². The molecule has 8 heteroatoms. The molecule has 27 heavy (non-hydrogen) atoms. The van der Waals surface area contributed by atoms with Crippen molar-refractivity contribution in [3.63, 3.8) is 0 Å². The van der Waals surface area contributed by atoms with Crippen molar-refractivity contribution in [1.82, 2.24) is 20.5 Å². The van der Waals surface area contributed by atoms with Crippen LogP contribution in [-0.2, 0) is 0 Å². The minimum atomic E-state index is -0.0216. The van der Waals surface area contributed by atoms with E-state index in [0.29, 0.717) is 12.1 Å². The van der Waals surface area contributed by atoms with E-state index >= 15 is 0 Å². The summed E-state index contributed by atoms with van der Waals surface area (Å²) in [4.78, 5) is 21.5. The molecule has 2 aliphatic heterocycles. The predicted molar refractivity (Wildman–Crippen MR) is 116 cm³/mol. The van der Waals surface area contributed by atoms with Crippen molar-refractivity contribution in [2.45, 2.75) is 26.2 Å². The number of carbonyl (C=O) groups excluding carboxylic acids is 1. The zero-order chi connectivity index (χ0) is 17.5. The van der Waals surface area contributed by atoms with Crippen LogP contribution in [0.4, 0.5) is 5.82 Å². The Hall–Kier alpha value is -1.08. The van der Waals surface area contributed by atoms with Crippen LogP contribution in [0.1, 0.15) is 36.5 Å². The second-order valence-corrected chi connectivity index (χ2v) is 7.28. The third-order valence-electron chi connectivity index (χ3n) is 5.26. The van der Waals surface area contributed by atoms with Crippen molar-refractivity contribution in [3.05, 3.63) is 23.9 Å². The summed E-state index contributed by atoms with van der Waals surface area (Å²) in [5, 5.41) is 6.36. The van der Waals surface area contributed by atoms with Gasteiger partial charge < -0.3 is 20.4 Å². The van der Waals surface area contributed by atoms with Gasteiger partial charge in [0.05, 0.1) is 5.56 Å². The standard InChI is InChI=1S/C19H31N5O.2ClH/c1-16-5-11-24(12-6-16)18-4-3-17(15-22-18)19(25)21-7-2-10-23-13-8-20-9-14-23;;/h3-4,15-16,20H,2,5-14H2,1H3,(H,21,25);2*1H. The number of piperidine rings is 1. The molecule has 0 bridgehead atoms. The minimum absolute atomic E-state index is 0. The first-order chi connectivity index (χ1) is 12.2. The van der Waals surface area contributed by atoms with Crippen LogP contribution >= 0.6 is 24.8 Å². The Balaban J connectivity index is 0.00000182. The average Bonchev–Trinajstić information content (AvgIpc) is 2.67.